The van der Waals surface area contributed by atoms with Crippen LogP contribution in [0.15, 0.2) is 24.3 Å². The van der Waals surface area contributed by atoms with Crippen LogP contribution in [0.2, 0.25) is 0 Å². The van der Waals surface area contributed by atoms with Gasteiger partial charge in [0.05, 0.1) is 0 Å². The van der Waals surface area contributed by atoms with E-state index in [4.69, 9.17) is 4.74 Å². The average Bonchev–Trinajstić information content (AvgIpc) is 2.57. The van der Waals surface area contributed by atoms with Crippen LogP contribution in [0.25, 0.3) is 0 Å². The number of hydrogen-bond donors (Lipinski definition) is 1. The number of rotatable bonds is 3. The van der Waals surface area contributed by atoms with Gasteiger partial charge in [-0.05, 0) is 26.0 Å². The zero-order chi connectivity index (χ0) is 14.2. The third kappa shape index (κ3) is 2.23. The summed E-state index contributed by atoms with van der Waals surface area (Å²) >= 11 is 0. The maximum absolute atomic E-state index is 12.6. The third-order valence-electron chi connectivity index (χ3n) is 3.96. The SMILES string of the molecule is CNc1ccccc1C(=O)C1C(=O)OC(C)(C)C1C. The Hall–Kier alpha value is -1.84. The number of hydrogen-bond acceptors (Lipinski definition) is 4. The number of nitrogens with one attached hydrogen (secondary N) is 1. The Morgan fingerprint density at radius 2 is 1.95 bits per heavy atom. The average molecular weight is 261 g/mol. The molecule has 4 heteroatoms. The fraction of sp³-hybridized carbons (Fsp3) is 0.467. The molecule has 1 fully saturated rings. The number of ketones is 1. The van der Waals surface area contributed by atoms with Gasteiger partial charge in [-0.15, -0.1) is 0 Å². The molecule has 0 amide bonds. The van der Waals surface area contributed by atoms with E-state index >= 15 is 0 Å². The van der Waals surface area contributed by atoms with Crippen molar-refractivity contribution in [1.82, 2.24) is 0 Å². The Labute approximate surface area is 113 Å². The topological polar surface area (TPSA) is 55.4 Å². The van der Waals surface area contributed by atoms with Crippen LogP contribution in [0, 0.1) is 11.8 Å². The van der Waals surface area contributed by atoms with E-state index < -0.39 is 17.5 Å². The van der Waals surface area contributed by atoms with Gasteiger partial charge in [0.15, 0.2) is 5.78 Å². The van der Waals surface area contributed by atoms with Gasteiger partial charge < -0.3 is 10.1 Å². The summed E-state index contributed by atoms with van der Waals surface area (Å²) in [4.78, 5) is 24.5. The van der Waals surface area contributed by atoms with Crippen LogP contribution >= 0.6 is 0 Å². The number of carbonyl (C=O) groups excluding carboxylic acids is 2. The second kappa shape index (κ2) is 4.68. The minimum atomic E-state index is -0.718. The van der Waals surface area contributed by atoms with Gasteiger partial charge >= 0.3 is 5.97 Å². The van der Waals surface area contributed by atoms with E-state index in [-0.39, 0.29) is 11.7 Å². The van der Waals surface area contributed by atoms with E-state index in [1.165, 1.54) is 0 Å². The molecule has 0 spiro atoms. The predicted octanol–water partition coefficient (Wildman–Crippen LogP) is 2.50. The molecule has 0 saturated carbocycles. The van der Waals surface area contributed by atoms with Crippen molar-refractivity contribution in [3.05, 3.63) is 29.8 Å². The first-order chi connectivity index (χ1) is 8.88. The summed E-state index contributed by atoms with van der Waals surface area (Å²) in [7, 11) is 1.76. The van der Waals surface area contributed by atoms with E-state index in [0.717, 1.165) is 5.69 Å². The normalized spacial score (nSPS) is 24.9. The second-order valence-electron chi connectivity index (χ2n) is 5.45. The molecular formula is C15H19NO3. The van der Waals surface area contributed by atoms with Crippen molar-refractivity contribution in [1.29, 1.82) is 0 Å². The molecule has 102 valence electrons. The molecule has 0 radical (unpaired) electrons. The number of ether oxygens (including phenoxy) is 1. The van der Waals surface area contributed by atoms with Crippen molar-refractivity contribution < 1.29 is 14.3 Å². The van der Waals surface area contributed by atoms with Crippen LogP contribution in [-0.2, 0) is 9.53 Å². The maximum Gasteiger partial charge on any atom is 0.317 e. The molecular weight excluding hydrogens is 242 g/mol. The summed E-state index contributed by atoms with van der Waals surface area (Å²) in [6, 6.07) is 7.20. The molecule has 0 aromatic heterocycles. The Morgan fingerprint density at radius 1 is 1.32 bits per heavy atom. The van der Waals surface area contributed by atoms with Crippen LogP contribution in [0.5, 0.6) is 0 Å². The third-order valence-corrected chi connectivity index (χ3v) is 3.96. The molecule has 1 heterocycles. The zero-order valence-corrected chi connectivity index (χ0v) is 11.7. The van der Waals surface area contributed by atoms with Gasteiger partial charge in [-0.25, -0.2) is 0 Å². The molecule has 0 bridgehead atoms. The minimum absolute atomic E-state index is 0.141. The number of anilines is 1. The second-order valence-corrected chi connectivity index (χ2v) is 5.45. The van der Waals surface area contributed by atoms with Gasteiger partial charge in [0.2, 0.25) is 0 Å². The summed E-state index contributed by atoms with van der Waals surface area (Å²) in [5, 5.41) is 2.98. The van der Waals surface area contributed by atoms with Gasteiger partial charge in [-0.2, -0.15) is 0 Å². The monoisotopic (exact) mass is 261 g/mol. The molecule has 1 saturated heterocycles. The van der Waals surface area contributed by atoms with E-state index in [1.807, 2.05) is 32.9 Å². The van der Waals surface area contributed by atoms with Crippen molar-refractivity contribution in [3.63, 3.8) is 0 Å². The fourth-order valence-corrected chi connectivity index (χ4v) is 2.44. The lowest BCUT2D eigenvalue weighted by molar-refractivity contribution is -0.147. The Bertz CT molecular complexity index is 522. The summed E-state index contributed by atoms with van der Waals surface area (Å²) in [5.41, 5.74) is 0.681. The first kappa shape index (κ1) is 13.6. The van der Waals surface area contributed by atoms with Gasteiger partial charge in [-0.1, -0.05) is 19.1 Å². The molecule has 19 heavy (non-hydrogen) atoms. The van der Waals surface area contributed by atoms with Crippen molar-refractivity contribution in [3.8, 4) is 0 Å². The van der Waals surface area contributed by atoms with Crippen molar-refractivity contribution >= 4 is 17.4 Å². The Kier molecular flexibility index (Phi) is 3.35. The molecule has 1 aliphatic heterocycles. The highest BCUT2D eigenvalue weighted by atomic mass is 16.6. The molecule has 0 aliphatic carbocycles. The summed E-state index contributed by atoms with van der Waals surface area (Å²) < 4.78 is 5.31. The highest BCUT2D eigenvalue weighted by molar-refractivity contribution is 6.12. The molecule has 2 atom stereocenters. The summed E-state index contributed by atoms with van der Waals surface area (Å²) in [5.74, 6) is -1.46. The number of cyclic esters (lactones) is 1. The molecule has 2 rings (SSSR count). The number of esters is 1. The molecule has 1 N–H and O–H groups in total. The van der Waals surface area contributed by atoms with Crippen LogP contribution in [0.3, 0.4) is 0 Å². The van der Waals surface area contributed by atoms with Crippen LogP contribution in [0.1, 0.15) is 31.1 Å². The Balaban J connectivity index is 2.37. The first-order valence-corrected chi connectivity index (χ1v) is 6.42. The quantitative estimate of drug-likeness (QED) is 0.516. The lowest BCUT2D eigenvalue weighted by Crippen LogP contribution is -2.31. The molecule has 1 aromatic rings. The van der Waals surface area contributed by atoms with Gasteiger partial charge in [-0.3, -0.25) is 9.59 Å². The molecule has 2 unspecified atom stereocenters. The van der Waals surface area contributed by atoms with Gasteiger partial charge in [0.1, 0.15) is 11.5 Å². The fourth-order valence-electron chi connectivity index (χ4n) is 2.44. The van der Waals surface area contributed by atoms with Crippen LogP contribution in [0.4, 0.5) is 5.69 Å². The number of carbonyl (C=O) groups is 2. The number of Topliss-reactive ketones (excluding diaryl/α,β-unsaturated/α-hetero) is 1. The van der Waals surface area contributed by atoms with Crippen molar-refractivity contribution in [2.24, 2.45) is 11.8 Å². The first-order valence-electron chi connectivity index (χ1n) is 6.42. The smallest absolute Gasteiger partial charge is 0.317 e. The summed E-state index contributed by atoms with van der Waals surface area (Å²) in [6.07, 6.45) is 0. The predicted molar refractivity (Wildman–Crippen MR) is 73.1 cm³/mol. The molecule has 1 aliphatic rings. The zero-order valence-electron chi connectivity index (χ0n) is 11.7. The van der Waals surface area contributed by atoms with Crippen LogP contribution in [-0.4, -0.2) is 24.4 Å². The number of benzene rings is 1. The van der Waals surface area contributed by atoms with E-state index in [1.54, 1.807) is 19.2 Å². The van der Waals surface area contributed by atoms with E-state index in [2.05, 4.69) is 5.32 Å². The lowest BCUT2D eigenvalue weighted by atomic mass is 9.80. The van der Waals surface area contributed by atoms with E-state index in [0.29, 0.717) is 5.56 Å². The van der Waals surface area contributed by atoms with Crippen molar-refractivity contribution in [2.75, 3.05) is 12.4 Å². The van der Waals surface area contributed by atoms with E-state index in [9.17, 15) is 9.59 Å². The largest absolute Gasteiger partial charge is 0.459 e. The highest BCUT2D eigenvalue weighted by Crippen LogP contribution is 2.39. The maximum atomic E-state index is 12.6. The Morgan fingerprint density at radius 3 is 2.47 bits per heavy atom. The standard InChI is InChI=1S/C15H19NO3/c1-9-12(14(18)19-15(9,2)3)13(17)10-7-5-6-8-11(10)16-4/h5-9,12,16H,1-4H3. The number of para-hydroxylation sites is 1. The minimum Gasteiger partial charge on any atom is -0.459 e. The van der Waals surface area contributed by atoms with Gasteiger partial charge in [0, 0.05) is 24.2 Å². The lowest BCUT2D eigenvalue weighted by Gasteiger charge is -2.22. The summed E-state index contributed by atoms with van der Waals surface area (Å²) in [6.45, 7) is 5.56. The van der Waals surface area contributed by atoms with Crippen LogP contribution < -0.4 is 5.32 Å². The molecule has 4 nitrogen and oxygen atoms in total. The van der Waals surface area contributed by atoms with Crippen molar-refractivity contribution in [2.45, 2.75) is 26.4 Å². The van der Waals surface area contributed by atoms with Gasteiger partial charge in [0.25, 0.3) is 0 Å². The molecule has 1 aromatic carbocycles. The highest BCUT2D eigenvalue weighted by Gasteiger charge is 2.51.